The van der Waals surface area contributed by atoms with Gasteiger partial charge in [0.1, 0.15) is 0 Å². The van der Waals surface area contributed by atoms with Crippen molar-refractivity contribution in [2.75, 3.05) is 13.2 Å². The van der Waals surface area contributed by atoms with E-state index in [0.717, 1.165) is 13.2 Å². The summed E-state index contributed by atoms with van der Waals surface area (Å²) < 4.78 is 8.06. The molecule has 0 aromatic carbocycles. The summed E-state index contributed by atoms with van der Waals surface area (Å²) in [6.07, 6.45) is 0. The molecule has 1 aliphatic rings. The minimum absolute atomic E-state index is 1.04. The van der Waals surface area contributed by atoms with Gasteiger partial charge in [0.2, 0.25) is 0 Å². The Bertz CT molecular complexity index is 76.5. The van der Waals surface area contributed by atoms with Crippen LogP contribution in [-0.2, 0) is 4.74 Å². The molecular weight excluding hydrogens is 331 g/mol. The van der Waals surface area contributed by atoms with Gasteiger partial charge in [-0.05, 0) is 0 Å². The first-order valence-corrected chi connectivity index (χ1v) is 15.1. The number of hydrogen-bond acceptors (Lipinski definition) is 1. The van der Waals surface area contributed by atoms with Crippen molar-refractivity contribution in [3.8, 4) is 0 Å². The van der Waals surface area contributed by atoms with E-state index in [0.29, 0.717) is 0 Å². The van der Waals surface area contributed by atoms with Crippen LogP contribution in [0.2, 0.25) is 13.9 Å². The number of ether oxygens (including phenoxy) is 1. The summed E-state index contributed by atoms with van der Waals surface area (Å²) in [5, 5.41) is 0. The molecule has 0 aromatic rings. The Morgan fingerprint density at radius 1 is 1.38 bits per heavy atom. The van der Waals surface area contributed by atoms with Crippen molar-refractivity contribution in [3.63, 3.8) is 0 Å². The van der Waals surface area contributed by atoms with Gasteiger partial charge in [0.25, 0.3) is 0 Å². The van der Waals surface area contributed by atoms with Crippen molar-refractivity contribution in [2.24, 2.45) is 0 Å². The fourth-order valence-corrected chi connectivity index (χ4v) is 6.32. The Balaban J connectivity index is 2.33. The van der Waals surface area contributed by atoms with E-state index in [9.17, 15) is 0 Å². The molecule has 0 radical (unpaired) electrons. The molecule has 0 saturated carbocycles. The molecule has 0 amide bonds. The maximum absolute atomic E-state index is 5.25. The standard InChI is InChI=1S/C5H11IOTe/c1-8(6)4-2-7-3-5-8/h2-5H2,1H3. The van der Waals surface area contributed by atoms with Crippen LogP contribution in [0.3, 0.4) is 0 Å². The van der Waals surface area contributed by atoms with Crippen LogP contribution in [0.4, 0.5) is 0 Å². The van der Waals surface area contributed by atoms with E-state index >= 15 is 0 Å². The molecule has 3 heteroatoms. The average Bonchev–Trinajstić information content (AvgIpc) is 1.65. The summed E-state index contributed by atoms with van der Waals surface area (Å²) in [5.41, 5.74) is 0. The van der Waals surface area contributed by atoms with E-state index in [4.69, 9.17) is 4.74 Å². The first-order chi connectivity index (χ1) is 3.71. The normalized spacial score (nSPS) is 31.8. The van der Waals surface area contributed by atoms with Gasteiger partial charge in [-0.2, -0.15) is 0 Å². The maximum atomic E-state index is 5.25. The summed E-state index contributed by atoms with van der Waals surface area (Å²) >= 11 is 1.49. The molecule has 0 unspecified atom stereocenters. The monoisotopic (exact) mass is 344 g/mol. The molecule has 0 N–H and O–H groups in total. The van der Waals surface area contributed by atoms with Gasteiger partial charge in [-0.1, -0.05) is 0 Å². The molecular formula is C5H11IOTe. The van der Waals surface area contributed by atoms with Crippen molar-refractivity contribution in [1.29, 1.82) is 0 Å². The topological polar surface area (TPSA) is 9.23 Å². The van der Waals surface area contributed by atoms with Gasteiger partial charge in [-0.3, -0.25) is 0 Å². The third-order valence-electron chi connectivity index (χ3n) is 1.31. The van der Waals surface area contributed by atoms with Crippen LogP contribution >= 0.6 is 18.7 Å². The molecule has 0 aliphatic carbocycles. The average molecular weight is 342 g/mol. The van der Waals surface area contributed by atoms with Crippen LogP contribution in [0.15, 0.2) is 0 Å². The van der Waals surface area contributed by atoms with Crippen LogP contribution < -0.4 is 0 Å². The Kier molecular flexibility index (Phi) is 2.89. The first-order valence-electron chi connectivity index (χ1n) is 2.72. The molecule has 1 rings (SSSR count). The minimum atomic E-state index is -1.21. The first kappa shape index (κ1) is 7.59. The molecule has 1 heterocycles. The molecule has 50 valence electrons. The quantitative estimate of drug-likeness (QED) is 0.484. The van der Waals surface area contributed by atoms with Gasteiger partial charge in [-0.15, -0.1) is 0 Å². The van der Waals surface area contributed by atoms with Crippen molar-refractivity contribution in [3.05, 3.63) is 0 Å². The summed E-state index contributed by atoms with van der Waals surface area (Å²) in [6, 6.07) is 0. The van der Waals surface area contributed by atoms with Gasteiger partial charge in [0.05, 0.1) is 0 Å². The van der Waals surface area contributed by atoms with Crippen molar-refractivity contribution < 1.29 is 4.74 Å². The third kappa shape index (κ3) is 2.38. The molecule has 1 fully saturated rings. The molecule has 0 atom stereocenters. The van der Waals surface area contributed by atoms with Gasteiger partial charge >= 0.3 is 64.8 Å². The Morgan fingerprint density at radius 2 is 1.88 bits per heavy atom. The van der Waals surface area contributed by atoms with E-state index in [-0.39, 0.29) is 0 Å². The summed E-state index contributed by atoms with van der Waals surface area (Å²) in [5.74, 6) is 0. The molecule has 0 spiro atoms. The van der Waals surface area contributed by atoms with Crippen LogP contribution in [0.5, 0.6) is 0 Å². The molecule has 0 aromatic heterocycles. The van der Waals surface area contributed by atoms with Gasteiger partial charge in [-0.25, -0.2) is 0 Å². The zero-order valence-corrected chi connectivity index (χ0v) is 9.51. The van der Waals surface area contributed by atoms with E-state index in [1.54, 1.807) is 0 Å². The molecule has 1 saturated heterocycles. The Hall–Kier alpha value is 1.48. The van der Waals surface area contributed by atoms with Crippen molar-refractivity contribution in [2.45, 2.75) is 13.9 Å². The zero-order valence-electron chi connectivity index (χ0n) is 5.02. The van der Waals surface area contributed by atoms with E-state index in [1.165, 1.54) is 8.94 Å². The SMILES string of the molecule is C[Te]1(I)CCOCC1. The predicted molar refractivity (Wildman–Crippen MR) is 46.1 cm³/mol. The predicted octanol–water partition coefficient (Wildman–Crippen LogP) is 2.03. The second-order valence-electron chi connectivity index (χ2n) is 2.17. The molecule has 8 heavy (non-hydrogen) atoms. The second kappa shape index (κ2) is 3.05. The Morgan fingerprint density at radius 3 is 2.12 bits per heavy atom. The molecule has 1 nitrogen and oxygen atoms in total. The second-order valence-corrected chi connectivity index (χ2v) is 25.4. The van der Waals surface area contributed by atoms with Crippen molar-refractivity contribution in [1.82, 2.24) is 0 Å². The Labute approximate surface area is 64.2 Å². The zero-order chi connectivity index (χ0) is 6.04. The number of rotatable bonds is 0. The van der Waals surface area contributed by atoms with E-state index < -0.39 is 14.2 Å². The van der Waals surface area contributed by atoms with Gasteiger partial charge in [0.15, 0.2) is 0 Å². The third-order valence-corrected chi connectivity index (χ3v) is 13.0. The summed E-state index contributed by atoms with van der Waals surface area (Å²) in [4.78, 5) is 2.48. The molecule has 1 aliphatic heterocycles. The van der Waals surface area contributed by atoms with Crippen LogP contribution in [0, 0.1) is 0 Å². The van der Waals surface area contributed by atoms with Crippen LogP contribution in [0.25, 0.3) is 0 Å². The summed E-state index contributed by atoms with van der Waals surface area (Å²) in [6.45, 7) is 2.08. The van der Waals surface area contributed by atoms with E-state index in [2.05, 4.69) is 23.7 Å². The molecule has 0 bridgehead atoms. The number of halogens is 1. The van der Waals surface area contributed by atoms with Crippen LogP contribution in [0.1, 0.15) is 0 Å². The number of hydrogen-bond donors (Lipinski definition) is 0. The fraction of sp³-hybridized carbons (Fsp3) is 1.00. The van der Waals surface area contributed by atoms with Gasteiger partial charge < -0.3 is 0 Å². The van der Waals surface area contributed by atoms with Crippen LogP contribution in [-0.4, -0.2) is 27.4 Å². The fourth-order valence-electron chi connectivity index (χ4n) is 0.669. The van der Waals surface area contributed by atoms with E-state index in [1.807, 2.05) is 0 Å². The van der Waals surface area contributed by atoms with Gasteiger partial charge in [0, 0.05) is 0 Å². The summed E-state index contributed by atoms with van der Waals surface area (Å²) in [7, 11) is 0. The van der Waals surface area contributed by atoms with Crippen molar-refractivity contribution >= 4 is 32.9 Å².